The highest BCUT2D eigenvalue weighted by Crippen LogP contribution is 2.21. The molecule has 0 saturated carbocycles. The van der Waals surface area contributed by atoms with Crippen LogP contribution in [0.3, 0.4) is 0 Å². The molecule has 5 heteroatoms. The van der Waals surface area contributed by atoms with E-state index in [0.29, 0.717) is 17.7 Å². The maximum Gasteiger partial charge on any atom is 0.140 e. The summed E-state index contributed by atoms with van der Waals surface area (Å²) in [5.41, 5.74) is 0.182. The molecule has 2 atom stereocenters. The monoisotopic (exact) mass is 241 g/mol. The van der Waals surface area contributed by atoms with Crippen molar-refractivity contribution in [1.29, 1.82) is 5.26 Å². The Hall–Kier alpha value is -1.09. The lowest BCUT2D eigenvalue weighted by atomic mass is 10.0. The summed E-state index contributed by atoms with van der Waals surface area (Å²) in [5.74, 6) is -0.202. The molecule has 0 fully saturated rings. The number of aliphatic hydroxyl groups is 2. The van der Waals surface area contributed by atoms with Crippen LogP contribution in [0.25, 0.3) is 0 Å². The third-order valence-electron chi connectivity index (χ3n) is 2.24. The summed E-state index contributed by atoms with van der Waals surface area (Å²) in [6, 6.07) is 5.37. The highest BCUT2D eigenvalue weighted by molar-refractivity contribution is 7.80. The van der Waals surface area contributed by atoms with E-state index in [1.165, 1.54) is 12.1 Å². The largest absolute Gasteiger partial charge is 0.390 e. The third kappa shape index (κ3) is 2.95. The minimum Gasteiger partial charge on any atom is -0.390 e. The molecule has 3 nitrogen and oxygen atoms in total. The van der Waals surface area contributed by atoms with Gasteiger partial charge in [-0.15, -0.1) is 0 Å². The first-order chi connectivity index (χ1) is 7.60. The van der Waals surface area contributed by atoms with Crippen LogP contribution in [-0.2, 0) is 0 Å². The minimum absolute atomic E-state index is 0.144. The van der Waals surface area contributed by atoms with Gasteiger partial charge in [0.25, 0.3) is 0 Å². The average Bonchev–Trinajstić information content (AvgIpc) is 2.29. The van der Waals surface area contributed by atoms with Crippen LogP contribution in [0.15, 0.2) is 18.2 Å². The molecule has 1 rings (SSSR count). The normalized spacial score (nSPS) is 14.2. The number of thiol groups is 1. The molecule has 1 aromatic carbocycles. The number of rotatable bonds is 4. The van der Waals surface area contributed by atoms with Gasteiger partial charge in [0.05, 0.1) is 11.7 Å². The molecule has 0 spiro atoms. The maximum absolute atomic E-state index is 13.0. The summed E-state index contributed by atoms with van der Waals surface area (Å²) in [6.07, 6.45) is -1.77. The number of hydrogen-bond acceptors (Lipinski definition) is 4. The summed E-state index contributed by atoms with van der Waals surface area (Å²) in [4.78, 5) is 0. The molecule has 0 radical (unpaired) electrons. The Labute approximate surface area is 98.6 Å². The van der Waals surface area contributed by atoms with Crippen LogP contribution in [0, 0.1) is 17.1 Å². The molecule has 0 aliphatic heterocycles. The van der Waals surface area contributed by atoms with E-state index in [1.807, 2.05) is 0 Å². The molecule has 0 bridgehead atoms. The van der Waals surface area contributed by atoms with Gasteiger partial charge in [-0.2, -0.15) is 17.9 Å². The molecular formula is C11H12FNO2S. The molecule has 2 N–H and O–H groups in total. The lowest BCUT2D eigenvalue weighted by Crippen LogP contribution is -2.18. The second kappa shape index (κ2) is 5.85. The molecule has 0 aliphatic rings. The first-order valence-electron chi connectivity index (χ1n) is 4.76. The Morgan fingerprint density at radius 3 is 2.69 bits per heavy atom. The van der Waals surface area contributed by atoms with E-state index in [4.69, 9.17) is 5.26 Å². The quantitative estimate of drug-likeness (QED) is 0.698. The first-order valence-corrected chi connectivity index (χ1v) is 5.40. The van der Waals surface area contributed by atoms with Crippen LogP contribution in [0.4, 0.5) is 4.39 Å². The zero-order valence-corrected chi connectivity index (χ0v) is 9.36. The lowest BCUT2D eigenvalue weighted by Gasteiger charge is -2.17. The number of benzene rings is 1. The lowest BCUT2D eigenvalue weighted by molar-refractivity contribution is 0.0172. The van der Waals surface area contributed by atoms with Gasteiger partial charge in [-0.25, -0.2) is 4.39 Å². The Bertz CT molecular complexity index is 405. The Morgan fingerprint density at radius 1 is 1.44 bits per heavy atom. The Balaban J connectivity index is 2.92. The third-order valence-corrected chi connectivity index (χ3v) is 2.50. The predicted molar refractivity (Wildman–Crippen MR) is 60.6 cm³/mol. The van der Waals surface area contributed by atoms with E-state index in [2.05, 4.69) is 12.6 Å². The highest BCUT2D eigenvalue weighted by Gasteiger charge is 2.18. The van der Waals surface area contributed by atoms with Crippen molar-refractivity contribution in [3.05, 3.63) is 35.1 Å². The number of hydrogen-bond donors (Lipinski definition) is 3. The average molecular weight is 241 g/mol. The van der Waals surface area contributed by atoms with Crippen LogP contribution >= 0.6 is 12.6 Å². The number of halogens is 1. The molecule has 0 heterocycles. The van der Waals surface area contributed by atoms with E-state index >= 15 is 0 Å². The predicted octanol–water partition coefficient (Wildman–Crippen LogP) is 1.41. The van der Waals surface area contributed by atoms with Crippen LogP contribution in [0.5, 0.6) is 0 Å². The number of nitriles is 1. The SMILES string of the molecule is N#Cc1cc(C(O)C(O)CCS)ccc1F. The fourth-order valence-electron chi connectivity index (χ4n) is 1.32. The van der Waals surface area contributed by atoms with Crippen LogP contribution in [0.1, 0.15) is 23.7 Å². The van der Waals surface area contributed by atoms with Gasteiger partial charge < -0.3 is 10.2 Å². The van der Waals surface area contributed by atoms with Gasteiger partial charge in [0.2, 0.25) is 0 Å². The summed E-state index contributed by atoms with van der Waals surface area (Å²) in [6.45, 7) is 0. The number of nitrogens with zero attached hydrogens (tertiary/aromatic N) is 1. The molecule has 2 unspecified atom stereocenters. The van der Waals surface area contributed by atoms with Crippen LogP contribution < -0.4 is 0 Å². The van der Waals surface area contributed by atoms with E-state index in [0.717, 1.165) is 6.07 Å². The first kappa shape index (κ1) is 13.0. The van der Waals surface area contributed by atoms with Gasteiger partial charge in [-0.1, -0.05) is 6.07 Å². The second-order valence-electron chi connectivity index (χ2n) is 3.38. The summed E-state index contributed by atoms with van der Waals surface area (Å²) in [7, 11) is 0. The fourth-order valence-corrected chi connectivity index (χ4v) is 1.59. The maximum atomic E-state index is 13.0. The zero-order chi connectivity index (χ0) is 12.1. The van der Waals surface area contributed by atoms with Crippen molar-refractivity contribution in [1.82, 2.24) is 0 Å². The van der Waals surface area contributed by atoms with Crippen LogP contribution in [-0.4, -0.2) is 22.1 Å². The number of aliphatic hydroxyl groups excluding tert-OH is 2. The van der Waals surface area contributed by atoms with Crippen molar-refractivity contribution >= 4 is 12.6 Å². The molecule has 0 saturated heterocycles. The smallest absolute Gasteiger partial charge is 0.140 e. The van der Waals surface area contributed by atoms with Gasteiger partial charge in [-0.3, -0.25) is 0 Å². The molecule has 0 aromatic heterocycles. The van der Waals surface area contributed by atoms with E-state index < -0.39 is 18.0 Å². The van der Waals surface area contributed by atoms with Crippen LogP contribution in [0.2, 0.25) is 0 Å². The molecule has 0 aliphatic carbocycles. The van der Waals surface area contributed by atoms with Gasteiger partial charge in [0, 0.05) is 0 Å². The molecule has 1 aromatic rings. The Kier molecular flexibility index (Phi) is 4.74. The van der Waals surface area contributed by atoms with Crippen molar-refractivity contribution in [2.75, 3.05) is 5.75 Å². The van der Waals surface area contributed by atoms with E-state index in [9.17, 15) is 14.6 Å². The standard InChI is InChI=1S/C11H12FNO2S/c12-9-2-1-7(5-8(9)6-13)11(15)10(14)3-4-16/h1-2,5,10-11,14-16H,3-4H2. The van der Waals surface area contributed by atoms with Crippen molar-refractivity contribution in [3.63, 3.8) is 0 Å². The molecule has 86 valence electrons. The fraction of sp³-hybridized carbons (Fsp3) is 0.364. The van der Waals surface area contributed by atoms with Crippen molar-refractivity contribution in [3.8, 4) is 6.07 Å². The highest BCUT2D eigenvalue weighted by atomic mass is 32.1. The van der Waals surface area contributed by atoms with Crippen molar-refractivity contribution < 1.29 is 14.6 Å². The van der Waals surface area contributed by atoms with Gasteiger partial charge in [-0.05, 0) is 29.9 Å². The summed E-state index contributed by atoms with van der Waals surface area (Å²) in [5, 5.41) is 27.9. The minimum atomic E-state index is -1.13. The van der Waals surface area contributed by atoms with Gasteiger partial charge in [0.1, 0.15) is 18.0 Å². The topological polar surface area (TPSA) is 64.2 Å². The van der Waals surface area contributed by atoms with Crippen molar-refractivity contribution in [2.24, 2.45) is 0 Å². The molecule has 16 heavy (non-hydrogen) atoms. The van der Waals surface area contributed by atoms with E-state index in [-0.39, 0.29) is 5.56 Å². The molecule has 0 amide bonds. The zero-order valence-electron chi connectivity index (χ0n) is 8.47. The molecular weight excluding hydrogens is 229 g/mol. The van der Waals surface area contributed by atoms with E-state index in [1.54, 1.807) is 6.07 Å². The summed E-state index contributed by atoms with van der Waals surface area (Å²) < 4.78 is 13.0. The summed E-state index contributed by atoms with van der Waals surface area (Å²) >= 11 is 3.94. The van der Waals surface area contributed by atoms with Gasteiger partial charge >= 0.3 is 0 Å². The van der Waals surface area contributed by atoms with Gasteiger partial charge in [0.15, 0.2) is 0 Å². The Morgan fingerprint density at radius 2 is 2.12 bits per heavy atom. The second-order valence-corrected chi connectivity index (χ2v) is 3.82. The van der Waals surface area contributed by atoms with Crippen molar-refractivity contribution in [2.45, 2.75) is 18.6 Å².